The summed E-state index contributed by atoms with van der Waals surface area (Å²) in [5, 5.41) is 0. The largest absolute Gasteiger partial charge is 0.298 e. The molecular weight excluding hydrogens is 148 g/mol. The van der Waals surface area contributed by atoms with Crippen LogP contribution in [0, 0.1) is 0 Å². The first-order valence-corrected chi connectivity index (χ1v) is 4.12. The molecule has 11 heavy (non-hydrogen) atoms. The average Bonchev–Trinajstić information content (AvgIpc) is 2.21. The van der Waals surface area contributed by atoms with E-state index in [9.17, 15) is 8.78 Å². The molecule has 0 radical (unpaired) electrons. The predicted molar refractivity (Wildman–Crippen MR) is 43.0 cm³/mol. The number of alkyl halides is 2. The molecule has 1 fully saturated rings. The van der Waals surface area contributed by atoms with Crippen molar-refractivity contribution in [2.75, 3.05) is 13.6 Å². The number of hydrogen-bond acceptors (Lipinski definition) is 1. The van der Waals surface area contributed by atoms with E-state index in [1.165, 1.54) is 0 Å². The van der Waals surface area contributed by atoms with E-state index in [0.717, 1.165) is 0 Å². The molecule has 0 saturated carbocycles. The Balaban J connectivity index is 0.000000461. The summed E-state index contributed by atoms with van der Waals surface area (Å²) in [6.07, 6.45) is 0.0185. The molecule has 0 N–H and O–H groups in total. The van der Waals surface area contributed by atoms with Crippen LogP contribution in [0.1, 0.15) is 27.2 Å². The maximum absolute atomic E-state index is 12.5. The Bertz CT molecular complexity index is 115. The molecule has 0 aromatic carbocycles. The van der Waals surface area contributed by atoms with Crippen LogP contribution >= 0.6 is 0 Å². The lowest BCUT2D eigenvalue weighted by Crippen LogP contribution is -2.33. The summed E-state index contributed by atoms with van der Waals surface area (Å²) in [5.74, 6) is -2.45. The maximum atomic E-state index is 12.5. The third-order valence-electron chi connectivity index (χ3n) is 2.07. The van der Waals surface area contributed by atoms with Crippen LogP contribution in [0.25, 0.3) is 0 Å². The SMILES string of the molecule is CC.CC1N(C)CCC1(F)F. The van der Waals surface area contributed by atoms with Crippen molar-refractivity contribution in [2.24, 2.45) is 0 Å². The Morgan fingerprint density at radius 2 is 1.82 bits per heavy atom. The second-order valence-electron chi connectivity index (χ2n) is 2.67. The molecule has 0 aliphatic carbocycles. The van der Waals surface area contributed by atoms with Gasteiger partial charge in [-0.1, -0.05) is 13.8 Å². The van der Waals surface area contributed by atoms with E-state index in [2.05, 4.69) is 0 Å². The van der Waals surface area contributed by atoms with Crippen molar-refractivity contribution in [1.82, 2.24) is 4.90 Å². The second kappa shape index (κ2) is 4.00. The number of nitrogens with zero attached hydrogens (tertiary/aromatic N) is 1. The summed E-state index contributed by atoms with van der Waals surface area (Å²) in [4.78, 5) is 1.68. The molecule has 1 heterocycles. The number of halogens is 2. The van der Waals surface area contributed by atoms with Crippen molar-refractivity contribution in [3.8, 4) is 0 Å². The third kappa shape index (κ3) is 2.40. The first kappa shape index (κ1) is 10.8. The van der Waals surface area contributed by atoms with E-state index in [4.69, 9.17) is 0 Å². The Morgan fingerprint density at radius 1 is 1.36 bits per heavy atom. The minimum absolute atomic E-state index is 0.0185. The molecule has 1 aliphatic rings. The monoisotopic (exact) mass is 165 g/mol. The van der Waals surface area contributed by atoms with Crippen LogP contribution < -0.4 is 0 Å². The first-order valence-electron chi connectivity index (χ1n) is 4.12. The van der Waals surface area contributed by atoms with Gasteiger partial charge in [-0.05, 0) is 14.0 Å². The third-order valence-corrected chi connectivity index (χ3v) is 2.07. The second-order valence-corrected chi connectivity index (χ2v) is 2.67. The molecule has 1 atom stereocenters. The minimum atomic E-state index is -2.45. The summed E-state index contributed by atoms with van der Waals surface area (Å²) in [7, 11) is 1.73. The first-order chi connectivity index (χ1) is 5.04. The molecule has 0 aromatic heterocycles. The van der Waals surface area contributed by atoms with Crippen molar-refractivity contribution in [1.29, 1.82) is 0 Å². The number of hydrogen-bond donors (Lipinski definition) is 0. The van der Waals surface area contributed by atoms with Crippen LogP contribution in [-0.4, -0.2) is 30.5 Å². The lowest BCUT2D eigenvalue weighted by Gasteiger charge is -2.18. The highest BCUT2D eigenvalue weighted by atomic mass is 19.3. The van der Waals surface area contributed by atoms with Gasteiger partial charge in [-0.25, -0.2) is 8.78 Å². The van der Waals surface area contributed by atoms with Gasteiger partial charge in [0, 0.05) is 13.0 Å². The van der Waals surface area contributed by atoms with Crippen molar-refractivity contribution in [3.05, 3.63) is 0 Å². The van der Waals surface area contributed by atoms with E-state index in [1.54, 1.807) is 18.9 Å². The van der Waals surface area contributed by atoms with Gasteiger partial charge in [0.05, 0.1) is 6.04 Å². The zero-order chi connectivity index (χ0) is 9.07. The van der Waals surface area contributed by atoms with Crippen molar-refractivity contribution < 1.29 is 8.78 Å². The molecular formula is C8H17F2N. The van der Waals surface area contributed by atoms with Gasteiger partial charge >= 0.3 is 0 Å². The van der Waals surface area contributed by atoms with Crippen LogP contribution in [0.4, 0.5) is 8.78 Å². The van der Waals surface area contributed by atoms with Gasteiger partial charge in [0.15, 0.2) is 0 Å². The average molecular weight is 165 g/mol. The molecule has 1 saturated heterocycles. The fourth-order valence-corrected chi connectivity index (χ4v) is 1.05. The van der Waals surface area contributed by atoms with E-state index < -0.39 is 12.0 Å². The van der Waals surface area contributed by atoms with Gasteiger partial charge in [0.25, 0.3) is 5.92 Å². The normalized spacial score (nSPS) is 29.5. The van der Waals surface area contributed by atoms with Crippen molar-refractivity contribution in [3.63, 3.8) is 0 Å². The van der Waals surface area contributed by atoms with Crippen LogP contribution in [0.5, 0.6) is 0 Å². The standard InChI is InChI=1S/C6H11F2N.C2H6/c1-5-6(7,8)3-4-9(5)2;1-2/h5H,3-4H2,1-2H3;1-2H3. The van der Waals surface area contributed by atoms with E-state index in [0.29, 0.717) is 6.54 Å². The van der Waals surface area contributed by atoms with Crippen molar-refractivity contribution >= 4 is 0 Å². The summed E-state index contributed by atoms with van der Waals surface area (Å²) in [6.45, 7) is 6.08. The summed E-state index contributed by atoms with van der Waals surface area (Å²) < 4.78 is 25.1. The van der Waals surface area contributed by atoms with Gasteiger partial charge in [-0.3, -0.25) is 4.90 Å². The smallest absolute Gasteiger partial charge is 0.264 e. The summed E-state index contributed by atoms with van der Waals surface area (Å²) in [6, 6.07) is -0.572. The van der Waals surface area contributed by atoms with Crippen molar-refractivity contribution in [2.45, 2.75) is 39.2 Å². The summed E-state index contributed by atoms with van der Waals surface area (Å²) in [5.41, 5.74) is 0. The molecule has 3 heteroatoms. The molecule has 68 valence electrons. The lowest BCUT2D eigenvalue weighted by atomic mass is 10.2. The highest BCUT2D eigenvalue weighted by Gasteiger charge is 2.43. The van der Waals surface area contributed by atoms with Gasteiger partial charge in [0.1, 0.15) is 0 Å². The molecule has 0 amide bonds. The molecule has 0 spiro atoms. The predicted octanol–water partition coefficient (Wildman–Crippen LogP) is 2.37. The quantitative estimate of drug-likeness (QED) is 0.532. The van der Waals surface area contributed by atoms with Crippen LogP contribution in [0.2, 0.25) is 0 Å². The van der Waals surface area contributed by atoms with Gasteiger partial charge in [-0.2, -0.15) is 0 Å². The molecule has 0 aromatic rings. The topological polar surface area (TPSA) is 3.24 Å². The minimum Gasteiger partial charge on any atom is -0.298 e. The zero-order valence-corrected chi connectivity index (χ0v) is 7.69. The van der Waals surface area contributed by atoms with E-state index in [-0.39, 0.29) is 6.42 Å². The van der Waals surface area contributed by atoms with Crippen LogP contribution in [-0.2, 0) is 0 Å². The Hall–Kier alpha value is -0.180. The molecule has 1 rings (SSSR count). The fourth-order valence-electron chi connectivity index (χ4n) is 1.05. The van der Waals surface area contributed by atoms with Gasteiger partial charge in [-0.15, -0.1) is 0 Å². The maximum Gasteiger partial charge on any atom is 0.264 e. The molecule has 1 unspecified atom stereocenters. The number of rotatable bonds is 0. The van der Waals surface area contributed by atoms with E-state index in [1.807, 2.05) is 13.8 Å². The molecule has 1 nitrogen and oxygen atoms in total. The highest BCUT2D eigenvalue weighted by Crippen LogP contribution is 2.31. The molecule has 0 bridgehead atoms. The number of likely N-dealkylation sites (tertiary alicyclic amines) is 1. The van der Waals surface area contributed by atoms with Gasteiger partial charge < -0.3 is 0 Å². The van der Waals surface area contributed by atoms with E-state index >= 15 is 0 Å². The fraction of sp³-hybridized carbons (Fsp3) is 1.00. The zero-order valence-electron chi connectivity index (χ0n) is 7.69. The molecule has 1 aliphatic heterocycles. The van der Waals surface area contributed by atoms with Gasteiger partial charge in [0.2, 0.25) is 0 Å². The summed E-state index contributed by atoms with van der Waals surface area (Å²) >= 11 is 0. The highest BCUT2D eigenvalue weighted by molar-refractivity contribution is 4.87. The Labute approximate surface area is 67.4 Å². The van der Waals surface area contributed by atoms with Crippen LogP contribution in [0.3, 0.4) is 0 Å². The van der Waals surface area contributed by atoms with Crippen LogP contribution in [0.15, 0.2) is 0 Å². The Kier molecular flexibility index (Phi) is 3.93. The Morgan fingerprint density at radius 3 is 1.91 bits per heavy atom. The lowest BCUT2D eigenvalue weighted by molar-refractivity contribution is -0.0219.